The molecule has 13 aromatic rings. The van der Waals surface area contributed by atoms with Crippen molar-refractivity contribution in [2.75, 3.05) is 0 Å². The molecule has 310 valence electrons. The molecule has 5 aromatic heterocycles. The highest BCUT2D eigenvalue weighted by Crippen LogP contribution is 2.63. The highest BCUT2D eigenvalue weighted by Gasteiger charge is 2.53. The fraction of sp³-hybridized carbons (Fsp3) is 0.0167. The summed E-state index contributed by atoms with van der Waals surface area (Å²) in [5.74, 6) is 0. The number of nitrogens with zero attached hydrogens (tertiary/aromatic N) is 6. The first-order valence-electron chi connectivity index (χ1n) is 22.5. The van der Waals surface area contributed by atoms with Crippen molar-refractivity contribution >= 4 is 82.9 Å². The van der Waals surface area contributed by atoms with Gasteiger partial charge in [-0.2, -0.15) is 0 Å². The minimum Gasteiger partial charge on any atom is -0.309 e. The molecule has 0 bridgehead atoms. The number of para-hydroxylation sites is 5. The van der Waals surface area contributed by atoms with Gasteiger partial charge in [0.2, 0.25) is 0 Å². The number of hydrogen-bond acceptors (Lipinski definition) is 3. The molecule has 0 saturated heterocycles. The van der Waals surface area contributed by atoms with Crippen LogP contribution in [0.15, 0.2) is 216 Å². The predicted octanol–water partition coefficient (Wildman–Crippen LogP) is 15.1. The van der Waals surface area contributed by atoms with Gasteiger partial charge >= 0.3 is 0 Å². The van der Waals surface area contributed by atoms with Crippen molar-refractivity contribution in [1.29, 1.82) is 0 Å². The van der Waals surface area contributed by atoms with Crippen LogP contribution in [0.2, 0.25) is 0 Å². The van der Waals surface area contributed by atoms with E-state index >= 15 is 0 Å². The maximum atomic E-state index is 7.81. The number of hydrogen-bond donors (Lipinski definition) is 0. The third-order valence-electron chi connectivity index (χ3n) is 14.4. The van der Waals surface area contributed by atoms with Gasteiger partial charge in [0.15, 0.2) is 5.69 Å². The molecule has 1 aliphatic carbocycles. The molecule has 0 amide bonds. The van der Waals surface area contributed by atoms with Gasteiger partial charge in [-0.1, -0.05) is 127 Å². The first kappa shape index (κ1) is 36.6. The quantitative estimate of drug-likeness (QED) is 0.166. The third kappa shape index (κ3) is 4.74. The fourth-order valence-electron chi connectivity index (χ4n) is 11.8. The molecule has 6 nitrogen and oxygen atoms in total. The van der Waals surface area contributed by atoms with Gasteiger partial charge in [-0.3, -0.25) is 9.97 Å². The lowest BCUT2D eigenvalue weighted by Gasteiger charge is -2.41. The van der Waals surface area contributed by atoms with Crippen molar-refractivity contribution < 1.29 is 0 Å². The monoisotopic (exact) mass is 870 g/mol. The molecule has 67 heavy (non-hydrogen) atoms. The Bertz CT molecular complexity index is 4250. The summed E-state index contributed by atoms with van der Waals surface area (Å²) in [6, 6.07) is 70.2. The molecule has 0 N–H and O–H groups in total. The minimum absolute atomic E-state index is 0.634. The smallest absolute Gasteiger partial charge is 0.188 e. The van der Waals surface area contributed by atoms with E-state index in [0.717, 1.165) is 88.3 Å². The van der Waals surface area contributed by atoms with Crippen molar-refractivity contribution in [3.8, 4) is 28.5 Å². The van der Waals surface area contributed by atoms with Crippen molar-refractivity contribution in [2.45, 2.75) is 15.2 Å². The van der Waals surface area contributed by atoms with Crippen LogP contribution < -0.4 is 0 Å². The zero-order valence-electron chi connectivity index (χ0n) is 35.7. The van der Waals surface area contributed by atoms with Crippen LogP contribution in [0.3, 0.4) is 0 Å². The molecular formula is C60H34N6S. The van der Waals surface area contributed by atoms with E-state index in [1.54, 1.807) is 0 Å². The Morgan fingerprint density at radius 2 is 0.985 bits per heavy atom. The summed E-state index contributed by atoms with van der Waals surface area (Å²) >= 11 is 1.84. The lowest BCUT2D eigenvalue weighted by molar-refractivity contribution is 0.711. The lowest BCUT2D eigenvalue weighted by Crippen LogP contribution is -2.33. The largest absolute Gasteiger partial charge is 0.309 e. The zero-order chi connectivity index (χ0) is 44.0. The summed E-state index contributed by atoms with van der Waals surface area (Å²) in [6.07, 6.45) is 3.95. The normalized spacial score (nSPS) is 14.9. The third-order valence-corrected chi connectivity index (χ3v) is 15.5. The molecule has 1 aliphatic heterocycles. The topological polar surface area (TPSA) is 44.9 Å². The zero-order valence-corrected chi connectivity index (χ0v) is 36.5. The van der Waals surface area contributed by atoms with E-state index < -0.39 is 5.41 Å². The van der Waals surface area contributed by atoms with Gasteiger partial charge in [-0.25, -0.2) is 4.85 Å². The molecule has 2 aliphatic rings. The van der Waals surface area contributed by atoms with Crippen LogP contribution in [-0.2, 0) is 5.41 Å². The van der Waals surface area contributed by atoms with E-state index in [9.17, 15) is 0 Å². The van der Waals surface area contributed by atoms with Gasteiger partial charge in [0, 0.05) is 59.7 Å². The number of benzene rings is 8. The SMILES string of the molecule is [C-]#[N+]c1ccc2c(c1)c1ccccc1n2-c1ccc2c(c1)Sc1cccc(-n3c4ccccc4c4ccccc43)c1C21c2cccnc2-c2ncc(-n3c4ccccc4c4ccccc43)cc21. The maximum Gasteiger partial charge on any atom is 0.188 e. The van der Waals surface area contributed by atoms with Crippen molar-refractivity contribution in [2.24, 2.45) is 0 Å². The Morgan fingerprint density at radius 3 is 1.63 bits per heavy atom. The van der Waals surface area contributed by atoms with E-state index in [4.69, 9.17) is 16.5 Å². The lowest BCUT2D eigenvalue weighted by atomic mass is 9.67. The Balaban J connectivity index is 1.08. The van der Waals surface area contributed by atoms with Crippen LogP contribution in [0.5, 0.6) is 0 Å². The van der Waals surface area contributed by atoms with Gasteiger partial charge in [0.1, 0.15) is 0 Å². The van der Waals surface area contributed by atoms with Gasteiger partial charge in [0.25, 0.3) is 0 Å². The highest BCUT2D eigenvalue weighted by molar-refractivity contribution is 7.99. The molecule has 7 heteroatoms. The average molecular weight is 871 g/mol. The van der Waals surface area contributed by atoms with Crippen LogP contribution in [-0.4, -0.2) is 23.7 Å². The number of rotatable bonds is 3. The standard InChI is InChI=1S/C60H34N6S/c1-61-36-27-30-53-44(32-36)43-18-6-9-22-50(43)64(53)37-28-29-45-56(34-37)67-55-26-12-25-54(66-51-23-10-4-16-41(51)42-17-5-11-24-52(42)66)57(55)60(45)46-19-13-31-62-58(46)59-47(60)33-38(35-63-59)65-48-20-7-2-14-39(48)40-15-3-8-21-49(40)65/h2-35H. The molecule has 1 spiro atoms. The average Bonchev–Trinajstić information content (AvgIpc) is 4.10. The predicted molar refractivity (Wildman–Crippen MR) is 273 cm³/mol. The van der Waals surface area contributed by atoms with Gasteiger partial charge in [-0.15, -0.1) is 0 Å². The summed E-state index contributed by atoms with van der Waals surface area (Å²) in [6.45, 7) is 7.81. The molecule has 1 atom stereocenters. The Hall–Kier alpha value is -8.70. The maximum absolute atomic E-state index is 7.81. The van der Waals surface area contributed by atoms with Crippen molar-refractivity contribution in [3.63, 3.8) is 0 Å². The molecule has 6 heterocycles. The van der Waals surface area contributed by atoms with Crippen LogP contribution in [0.1, 0.15) is 22.3 Å². The van der Waals surface area contributed by atoms with E-state index in [1.165, 1.54) is 37.6 Å². The molecular weight excluding hydrogens is 837 g/mol. The summed E-state index contributed by atoms with van der Waals surface area (Å²) in [4.78, 5) is 16.8. The Morgan fingerprint density at radius 1 is 0.418 bits per heavy atom. The van der Waals surface area contributed by atoms with Gasteiger partial charge < -0.3 is 13.7 Å². The molecule has 1 unspecified atom stereocenters. The van der Waals surface area contributed by atoms with Crippen LogP contribution >= 0.6 is 11.8 Å². The van der Waals surface area contributed by atoms with Crippen LogP contribution in [0.25, 0.3) is 98.7 Å². The summed E-state index contributed by atoms with van der Waals surface area (Å²) in [7, 11) is 0. The van der Waals surface area contributed by atoms with Crippen LogP contribution in [0, 0.1) is 6.57 Å². The molecule has 15 rings (SSSR count). The molecule has 0 radical (unpaired) electrons. The number of fused-ring (bicyclic) bond motifs is 18. The second kappa shape index (κ2) is 13.4. The summed E-state index contributed by atoms with van der Waals surface area (Å²) in [5.41, 5.74) is 16.2. The van der Waals surface area contributed by atoms with Crippen LogP contribution in [0.4, 0.5) is 5.69 Å². The Labute approximate surface area is 388 Å². The summed E-state index contributed by atoms with van der Waals surface area (Å²) < 4.78 is 7.22. The van der Waals surface area contributed by atoms with E-state index in [-0.39, 0.29) is 0 Å². The number of aromatic nitrogens is 5. The first-order chi connectivity index (χ1) is 33.2. The first-order valence-corrected chi connectivity index (χ1v) is 23.3. The van der Waals surface area contributed by atoms with E-state index in [2.05, 4.69) is 201 Å². The van der Waals surface area contributed by atoms with Crippen molar-refractivity contribution in [3.05, 3.63) is 240 Å². The van der Waals surface area contributed by atoms with E-state index in [0.29, 0.717) is 5.69 Å². The second-order valence-corrected chi connectivity index (χ2v) is 18.7. The molecule has 0 saturated carbocycles. The van der Waals surface area contributed by atoms with Gasteiger partial charge in [0.05, 0.1) is 74.0 Å². The Kier molecular flexibility index (Phi) is 7.34. The van der Waals surface area contributed by atoms with Gasteiger partial charge in [-0.05, 0) is 95.4 Å². The minimum atomic E-state index is -0.830. The highest BCUT2D eigenvalue weighted by atomic mass is 32.2. The second-order valence-electron chi connectivity index (χ2n) is 17.6. The molecule has 8 aromatic carbocycles. The van der Waals surface area contributed by atoms with Crippen molar-refractivity contribution in [1.82, 2.24) is 23.7 Å². The summed E-state index contributed by atoms with van der Waals surface area (Å²) in [5, 5.41) is 7.05. The molecule has 0 fully saturated rings. The number of pyridine rings is 2. The fourth-order valence-corrected chi connectivity index (χ4v) is 13.1. The van der Waals surface area contributed by atoms with E-state index in [1.807, 2.05) is 36.3 Å².